The average molecular weight is 237 g/mol. The fourth-order valence-electron chi connectivity index (χ4n) is 3.37. The molecule has 94 valence electrons. The van der Waals surface area contributed by atoms with Crippen LogP contribution in [0.25, 0.3) is 0 Å². The van der Waals surface area contributed by atoms with Crippen LogP contribution in [0.1, 0.15) is 31.1 Å². The molecule has 5 heteroatoms. The molecule has 2 fully saturated rings. The van der Waals surface area contributed by atoms with Crippen LogP contribution in [0.5, 0.6) is 0 Å². The van der Waals surface area contributed by atoms with Crippen LogP contribution in [0.15, 0.2) is 12.5 Å². The van der Waals surface area contributed by atoms with Gasteiger partial charge in [-0.2, -0.15) is 0 Å². The second-order valence-electron chi connectivity index (χ2n) is 5.30. The topological polar surface area (TPSA) is 73.3 Å². The molecular weight excluding hydrogens is 218 g/mol. The van der Waals surface area contributed by atoms with Gasteiger partial charge >= 0.3 is 0 Å². The van der Waals surface area contributed by atoms with E-state index >= 15 is 0 Å². The number of nitrogens with two attached hydrogens (primary N) is 1. The fourth-order valence-corrected chi connectivity index (χ4v) is 3.37. The molecule has 3 rings (SSSR count). The molecule has 0 amide bonds. The molecular formula is C12H19N3O2. The molecule has 0 aromatic carbocycles. The van der Waals surface area contributed by atoms with Gasteiger partial charge in [0, 0.05) is 19.0 Å². The van der Waals surface area contributed by atoms with Gasteiger partial charge in [0.2, 0.25) is 0 Å². The van der Waals surface area contributed by atoms with E-state index in [2.05, 4.69) is 4.98 Å². The summed E-state index contributed by atoms with van der Waals surface area (Å²) in [5, 5.41) is 10.6. The van der Waals surface area contributed by atoms with Crippen LogP contribution >= 0.6 is 0 Å². The largest absolute Gasteiger partial charge is 0.386 e. The second-order valence-corrected chi connectivity index (χ2v) is 5.30. The van der Waals surface area contributed by atoms with Gasteiger partial charge in [0.25, 0.3) is 0 Å². The third-order valence-electron chi connectivity index (χ3n) is 4.42. The Kier molecular flexibility index (Phi) is 2.50. The predicted octanol–water partition coefficient (Wildman–Crippen LogP) is 0.350. The van der Waals surface area contributed by atoms with Crippen molar-refractivity contribution in [1.82, 2.24) is 9.55 Å². The van der Waals surface area contributed by atoms with Gasteiger partial charge in [-0.15, -0.1) is 0 Å². The van der Waals surface area contributed by atoms with Crippen LogP contribution in [0.4, 0.5) is 0 Å². The van der Waals surface area contributed by atoms with Crippen molar-refractivity contribution >= 4 is 0 Å². The highest BCUT2D eigenvalue weighted by Gasteiger charge is 2.56. The summed E-state index contributed by atoms with van der Waals surface area (Å²) in [7, 11) is 1.89. The number of imidazole rings is 1. The number of aromatic nitrogens is 2. The minimum absolute atomic E-state index is 0.0994. The maximum Gasteiger partial charge on any atom is 0.105 e. The highest BCUT2D eigenvalue weighted by molar-refractivity contribution is 5.14. The maximum absolute atomic E-state index is 10.6. The van der Waals surface area contributed by atoms with Crippen molar-refractivity contribution < 1.29 is 9.84 Å². The van der Waals surface area contributed by atoms with E-state index < -0.39 is 6.10 Å². The van der Waals surface area contributed by atoms with Crippen LogP contribution in [0.3, 0.4) is 0 Å². The molecule has 1 aromatic heterocycles. The summed E-state index contributed by atoms with van der Waals surface area (Å²) in [6, 6.07) is 0. The summed E-state index contributed by atoms with van der Waals surface area (Å²) in [6.45, 7) is 0.459. The summed E-state index contributed by atoms with van der Waals surface area (Å²) in [6.07, 6.45) is 6.19. The number of hydrogen-bond acceptors (Lipinski definition) is 4. The Morgan fingerprint density at radius 3 is 3.00 bits per heavy atom. The Hall–Kier alpha value is -0.910. The normalized spacial score (nSPS) is 37.6. The highest BCUT2D eigenvalue weighted by atomic mass is 16.5. The number of aliphatic hydroxyl groups excluding tert-OH is 1. The number of fused-ring (bicyclic) bond motifs is 2. The maximum atomic E-state index is 10.6. The third-order valence-corrected chi connectivity index (χ3v) is 4.42. The summed E-state index contributed by atoms with van der Waals surface area (Å²) in [5.41, 5.74) is 6.45. The number of nitrogens with zero attached hydrogens (tertiary/aromatic N) is 2. The van der Waals surface area contributed by atoms with Crippen molar-refractivity contribution in [2.24, 2.45) is 18.2 Å². The molecule has 0 aliphatic carbocycles. The molecule has 2 saturated heterocycles. The molecule has 2 bridgehead atoms. The van der Waals surface area contributed by atoms with Crippen LogP contribution in [-0.2, 0) is 11.8 Å². The second kappa shape index (κ2) is 3.80. The van der Waals surface area contributed by atoms with Gasteiger partial charge in [-0.05, 0) is 19.3 Å². The number of hydrogen-bond donors (Lipinski definition) is 2. The monoisotopic (exact) mass is 237 g/mol. The zero-order valence-electron chi connectivity index (χ0n) is 10.0. The van der Waals surface area contributed by atoms with Crippen LogP contribution in [-0.4, -0.2) is 33.4 Å². The first kappa shape index (κ1) is 11.2. The van der Waals surface area contributed by atoms with Gasteiger partial charge in [-0.25, -0.2) is 4.98 Å². The van der Waals surface area contributed by atoms with E-state index in [1.165, 1.54) is 0 Å². The lowest BCUT2D eigenvalue weighted by Crippen LogP contribution is -2.45. The SMILES string of the molecule is Cn1cncc1C(O)C1(CN)CC2CCC1O2. The average Bonchev–Trinajstić information content (AvgIpc) is 3.02. The number of aryl methyl sites for hydroxylation is 1. The quantitative estimate of drug-likeness (QED) is 0.795. The smallest absolute Gasteiger partial charge is 0.105 e. The lowest BCUT2D eigenvalue weighted by molar-refractivity contribution is -0.0298. The minimum atomic E-state index is -0.588. The molecule has 0 saturated carbocycles. The van der Waals surface area contributed by atoms with Gasteiger partial charge in [-0.3, -0.25) is 0 Å². The van der Waals surface area contributed by atoms with Gasteiger partial charge < -0.3 is 20.1 Å². The van der Waals surface area contributed by atoms with Crippen molar-refractivity contribution in [2.45, 2.75) is 37.6 Å². The summed E-state index contributed by atoms with van der Waals surface area (Å²) in [5.74, 6) is 0. The summed E-state index contributed by atoms with van der Waals surface area (Å²) >= 11 is 0. The molecule has 1 aromatic rings. The Morgan fingerprint density at radius 2 is 2.53 bits per heavy atom. The van der Waals surface area contributed by atoms with Crippen molar-refractivity contribution in [3.05, 3.63) is 18.2 Å². The molecule has 4 unspecified atom stereocenters. The zero-order valence-corrected chi connectivity index (χ0v) is 10.0. The van der Waals surface area contributed by atoms with E-state index in [9.17, 15) is 5.11 Å². The molecule has 0 spiro atoms. The van der Waals surface area contributed by atoms with Crippen LogP contribution in [0.2, 0.25) is 0 Å². The van der Waals surface area contributed by atoms with E-state index in [0.29, 0.717) is 6.54 Å². The Balaban J connectivity index is 1.94. The number of aliphatic hydroxyl groups is 1. The molecule has 0 radical (unpaired) electrons. The standard InChI is InChI=1S/C12H19N3O2/c1-15-7-14-5-9(15)11(16)12(6-13)4-8-2-3-10(12)17-8/h5,7-8,10-11,16H,2-4,6,13H2,1H3. The third kappa shape index (κ3) is 1.46. The molecule has 2 aliphatic rings. The predicted molar refractivity (Wildman–Crippen MR) is 62.2 cm³/mol. The summed E-state index contributed by atoms with van der Waals surface area (Å²) in [4.78, 5) is 4.06. The minimum Gasteiger partial charge on any atom is -0.386 e. The van der Waals surface area contributed by atoms with Gasteiger partial charge in [0.15, 0.2) is 0 Å². The fraction of sp³-hybridized carbons (Fsp3) is 0.750. The first-order chi connectivity index (χ1) is 8.17. The molecule has 17 heavy (non-hydrogen) atoms. The van der Waals surface area contributed by atoms with Crippen LogP contribution in [0, 0.1) is 5.41 Å². The van der Waals surface area contributed by atoms with Gasteiger partial charge in [0.05, 0.1) is 30.4 Å². The van der Waals surface area contributed by atoms with Crippen molar-refractivity contribution in [3.8, 4) is 0 Å². The number of rotatable bonds is 3. The first-order valence-electron chi connectivity index (χ1n) is 6.17. The van der Waals surface area contributed by atoms with E-state index in [0.717, 1.165) is 25.0 Å². The van der Waals surface area contributed by atoms with Gasteiger partial charge in [0.1, 0.15) is 6.10 Å². The Morgan fingerprint density at radius 1 is 1.71 bits per heavy atom. The first-order valence-corrected chi connectivity index (χ1v) is 6.17. The Labute approximate surface area is 101 Å². The van der Waals surface area contributed by atoms with Crippen molar-refractivity contribution in [1.29, 1.82) is 0 Å². The van der Waals surface area contributed by atoms with E-state index in [4.69, 9.17) is 10.5 Å². The lowest BCUT2D eigenvalue weighted by Gasteiger charge is -2.38. The zero-order chi connectivity index (χ0) is 12.0. The lowest BCUT2D eigenvalue weighted by atomic mass is 9.69. The number of ether oxygens (including phenoxy) is 1. The van der Waals surface area contributed by atoms with Crippen molar-refractivity contribution in [2.75, 3.05) is 6.54 Å². The Bertz CT molecular complexity index is 420. The van der Waals surface area contributed by atoms with E-state index in [-0.39, 0.29) is 17.6 Å². The van der Waals surface area contributed by atoms with E-state index in [1.807, 2.05) is 11.6 Å². The van der Waals surface area contributed by atoms with Gasteiger partial charge in [-0.1, -0.05) is 0 Å². The molecule has 2 aliphatic heterocycles. The highest BCUT2D eigenvalue weighted by Crippen LogP contribution is 2.53. The molecule has 3 N–H and O–H groups in total. The van der Waals surface area contributed by atoms with Crippen LogP contribution < -0.4 is 5.73 Å². The van der Waals surface area contributed by atoms with E-state index in [1.54, 1.807) is 12.5 Å². The van der Waals surface area contributed by atoms with Crippen molar-refractivity contribution in [3.63, 3.8) is 0 Å². The molecule has 3 heterocycles. The molecule has 4 atom stereocenters. The summed E-state index contributed by atoms with van der Waals surface area (Å²) < 4.78 is 7.72. The molecule has 5 nitrogen and oxygen atoms in total.